The molecule has 0 aromatic heterocycles. The number of aliphatic hydroxyl groups is 1. The number of rotatable bonds is 5. The molecule has 0 radical (unpaired) electrons. The van der Waals surface area contributed by atoms with Gasteiger partial charge in [-0.1, -0.05) is 26.0 Å². The Labute approximate surface area is 141 Å². The van der Waals surface area contributed by atoms with Gasteiger partial charge >= 0.3 is 0 Å². The molecule has 0 spiro atoms. The molecule has 0 saturated heterocycles. The van der Waals surface area contributed by atoms with Crippen molar-refractivity contribution in [3.05, 3.63) is 41.0 Å². The molecule has 2 rings (SSSR count). The monoisotopic (exact) mass is 320 g/mol. The summed E-state index contributed by atoms with van der Waals surface area (Å²) in [5.41, 5.74) is 3.80. The molecular weight excluding hydrogens is 288 g/mol. The molecule has 0 fully saturated rings. The van der Waals surface area contributed by atoms with Gasteiger partial charge in [0.15, 0.2) is 0 Å². The third kappa shape index (κ3) is 4.32. The zero-order valence-electron chi connectivity index (χ0n) is 15.4. The Balaban J connectivity index is 0.00000127. The molecule has 1 aliphatic rings. The van der Waals surface area contributed by atoms with Gasteiger partial charge in [0.2, 0.25) is 0 Å². The van der Waals surface area contributed by atoms with Crippen molar-refractivity contribution in [3.63, 3.8) is 0 Å². The topological polar surface area (TPSA) is 50.8 Å². The molecule has 23 heavy (non-hydrogen) atoms. The maximum Gasteiger partial charge on any atom is 0.147 e. The molecule has 5 nitrogen and oxygen atoms in total. The van der Waals surface area contributed by atoms with Crippen LogP contribution in [0.25, 0.3) is 0 Å². The highest BCUT2D eigenvalue weighted by Gasteiger charge is 2.25. The van der Waals surface area contributed by atoms with Crippen LogP contribution in [0.2, 0.25) is 0 Å². The SMILES string of the molecule is CC.CNC1=C(NCCO)N(c2cccc(C)c2C)CCN1C. The van der Waals surface area contributed by atoms with E-state index < -0.39 is 0 Å². The smallest absolute Gasteiger partial charge is 0.147 e. The summed E-state index contributed by atoms with van der Waals surface area (Å²) < 4.78 is 0. The number of nitrogens with zero attached hydrogens (tertiary/aromatic N) is 2. The number of hydrogen-bond acceptors (Lipinski definition) is 5. The average molecular weight is 320 g/mol. The molecule has 0 amide bonds. The summed E-state index contributed by atoms with van der Waals surface area (Å²) in [6.07, 6.45) is 0. The molecule has 5 heteroatoms. The minimum Gasteiger partial charge on any atom is -0.395 e. The van der Waals surface area contributed by atoms with E-state index in [0.29, 0.717) is 6.54 Å². The van der Waals surface area contributed by atoms with E-state index in [1.54, 1.807) is 0 Å². The number of aliphatic hydroxyl groups excluding tert-OH is 1. The van der Waals surface area contributed by atoms with Crippen molar-refractivity contribution >= 4 is 5.69 Å². The van der Waals surface area contributed by atoms with Crippen LogP contribution in [-0.2, 0) is 0 Å². The maximum absolute atomic E-state index is 9.14. The van der Waals surface area contributed by atoms with E-state index in [0.717, 1.165) is 24.7 Å². The first-order valence-electron chi connectivity index (χ1n) is 8.41. The fourth-order valence-corrected chi connectivity index (χ4v) is 2.71. The van der Waals surface area contributed by atoms with Crippen molar-refractivity contribution in [2.45, 2.75) is 27.7 Å². The standard InChI is InChI=1S/C16H26N4O.C2H6/c1-12-6-5-7-14(13(12)2)20-10-9-19(4)15(17-3)16(20)18-8-11-21;1-2/h5-7,17-18,21H,8-11H2,1-4H3;1-2H3. The molecule has 0 unspecified atom stereocenters. The van der Waals surface area contributed by atoms with Gasteiger partial charge < -0.3 is 25.5 Å². The normalized spacial score (nSPS) is 14.4. The third-order valence-electron chi connectivity index (χ3n) is 4.04. The second-order valence-corrected chi connectivity index (χ2v) is 5.39. The van der Waals surface area contributed by atoms with Crippen molar-refractivity contribution in [1.29, 1.82) is 0 Å². The third-order valence-corrected chi connectivity index (χ3v) is 4.04. The Bertz CT molecular complexity index is 528. The summed E-state index contributed by atoms with van der Waals surface area (Å²) in [4.78, 5) is 4.49. The first-order chi connectivity index (χ1) is 11.1. The van der Waals surface area contributed by atoms with Crippen molar-refractivity contribution < 1.29 is 5.11 Å². The van der Waals surface area contributed by atoms with Crippen molar-refractivity contribution in [2.24, 2.45) is 0 Å². The largest absolute Gasteiger partial charge is 0.395 e. The lowest BCUT2D eigenvalue weighted by atomic mass is 10.1. The van der Waals surface area contributed by atoms with Crippen LogP contribution >= 0.6 is 0 Å². The van der Waals surface area contributed by atoms with Crippen molar-refractivity contribution in [2.75, 3.05) is 45.2 Å². The Hall–Kier alpha value is -1.88. The molecule has 0 saturated carbocycles. The molecule has 1 aromatic carbocycles. The van der Waals surface area contributed by atoms with Crippen LogP contribution in [0, 0.1) is 13.8 Å². The Morgan fingerprint density at radius 3 is 2.43 bits per heavy atom. The molecule has 3 N–H and O–H groups in total. The zero-order valence-corrected chi connectivity index (χ0v) is 15.4. The minimum absolute atomic E-state index is 0.116. The van der Waals surface area contributed by atoms with Crippen LogP contribution in [0.1, 0.15) is 25.0 Å². The summed E-state index contributed by atoms with van der Waals surface area (Å²) in [6, 6.07) is 6.39. The van der Waals surface area contributed by atoms with Gasteiger partial charge in [0.1, 0.15) is 11.6 Å². The zero-order chi connectivity index (χ0) is 17.4. The van der Waals surface area contributed by atoms with Gasteiger partial charge in [0.05, 0.1) is 6.61 Å². The predicted octanol–water partition coefficient (Wildman–Crippen LogP) is 2.01. The first kappa shape index (κ1) is 19.2. The van der Waals surface area contributed by atoms with E-state index in [1.165, 1.54) is 16.8 Å². The van der Waals surface area contributed by atoms with Crippen LogP contribution in [-0.4, -0.2) is 50.3 Å². The number of aryl methyl sites for hydroxylation is 1. The van der Waals surface area contributed by atoms with E-state index in [-0.39, 0.29) is 6.61 Å². The molecular formula is C18H32N4O. The predicted molar refractivity (Wildman–Crippen MR) is 98.4 cm³/mol. The van der Waals surface area contributed by atoms with Gasteiger partial charge in [-0.2, -0.15) is 0 Å². The van der Waals surface area contributed by atoms with Crippen molar-refractivity contribution in [3.8, 4) is 0 Å². The van der Waals surface area contributed by atoms with Crippen LogP contribution in [0.5, 0.6) is 0 Å². The van der Waals surface area contributed by atoms with Gasteiger partial charge in [-0.05, 0) is 31.0 Å². The van der Waals surface area contributed by atoms with E-state index in [4.69, 9.17) is 5.11 Å². The van der Waals surface area contributed by atoms with Crippen LogP contribution in [0.3, 0.4) is 0 Å². The van der Waals surface area contributed by atoms with Gasteiger partial charge in [-0.25, -0.2) is 0 Å². The summed E-state index contributed by atoms with van der Waals surface area (Å²) in [5, 5.41) is 15.8. The Morgan fingerprint density at radius 2 is 1.83 bits per heavy atom. The number of hydrogen-bond donors (Lipinski definition) is 3. The van der Waals surface area contributed by atoms with Gasteiger partial charge in [-0.3, -0.25) is 0 Å². The highest BCUT2D eigenvalue weighted by molar-refractivity contribution is 5.60. The lowest BCUT2D eigenvalue weighted by Crippen LogP contribution is -2.48. The molecule has 1 heterocycles. The summed E-state index contributed by atoms with van der Waals surface area (Å²) >= 11 is 0. The van der Waals surface area contributed by atoms with E-state index in [9.17, 15) is 0 Å². The quantitative estimate of drug-likeness (QED) is 0.775. The van der Waals surface area contributed by atoms with Gasteiger partial charge in [0, 0.05) is 39.4 Å². The van der Waals surface area contributed by atoms with Crippen LogP contribution in [0.4, 0.5) is 5.69 Å². The number of likely N-dealkylation sites (N-methyl/N-ethyl adjacent to an activating group) is 1. The lowest BCUT2D eigenvalue weighted by Gasteiger charge is -2.39. The van der Waals surface area contributed by atoms with E-state index in [1.807, 2.05) is 20.9 Å². The second-order valence-electron chi connectivity index (χ2n) is 5.39. The van der Waals surface area contributed by atoms with Gasteiger partial charge in [0.25, 0.3) is 0 Å². The highest BCUT2D eigenvalue weighted by atomic mass is 16.3. The fourth-order valence-electron chi connectivity index (χ4n) is 2.71. The molecule has 130 valence electrons. The molecule has 0 atom stereocenters. The molecule has 0 bridgehead atoms. The number of anilines is 1. The highest BCUT2D eigenvalue weighted by Crippen LogP contribution is 2.28. The summed E-state index contributed by atoms with van der Waals surface area (Å²) in [5.74, 6) is 2.07. The van der Waals surface area contributed by atoms with E-state index in [2.05, 4.69) is 59.5 Å². The van der Waals surface area contributed by atoms with Crippen molar-refractivity contribution in [1.82, 2.24) is 15.5 Å². The lowest BCUT2D eigenvalue weighted by molar-refractivity contribution is 0.291. The summed E-state index contributed by atoms with van der Waals surface area (Å²) in [7, 11) is 4.01. The number of benzene rings is 1. The number of nitrogens with one attached hydrogen (secondary N) is 2. The maximum atomic E-state index is 9.14. The first-order valence-corrected chi connectivity index (χ1v) is 8.41. The average Bonchev–Trinajstić information content (AvgIpc) is 2.57. The molecule has 0 aliphatic carbocycles. The molecule has 1 aliphatic heterocycles. The Kier molecular flexibility index (Phi) is 7.75. The Morgan fingerprint density at radius 1 is 1.13 bits per heavy atom. The van der Waals surface area contributed by atoms with Crippen LogP contribution in [0.15, 0.2) is 29.8 Å². The molecule has 1 aromatic rings. The second kappa shape index (κ2) is 9.30. The van der Waals surface area contributed by atoms with E-state index >= 15 is 0 Å². The van der Waals surface area contributed by atoms with Crippen LogP contribution < -0.4 is 15.5 Å². The minimum atomic E-state index is 0.116. The summed E-state index contributed by atoms with van der Waals surface area (Å²) in [6.45, 7) is 10.8. The van der Waals surface area contributed by atoms with Gasteiger partial charge in [-0.15, -0.1) is 0 Å². The fraction of sp³-hybridized carbons (Fsp3) is 0.556.